The van der Waals surface area contributed by atoms with Crippen LogP contribution in [0.25, 0.3) is 33.5 Å². The van der Waals surface area contributed by atoms with Crippen molar-refractivity contribution in [1.82, 2.24) is 60.0 Å². The third kappa shape index (κ3) is 8.02. The molecule has 1 aromatic carbocycles. The molecule has 1 saturated carbocycles. The van der Waals surface area contributed by atoms with Crippen LogP contribution >= 0.6 is 0 Å². The first kappa shape index (κ1) is 36.4. The molecule has 0 spiro atoms. The van der Waals surface area contributed by atoms with Gasteiger partial charge in [0.1, 0.15) is 11.7 Å². The van der Waals surface area contributed by atoms with Crippen molar-refractivity contribution in [3.63, 3.8) is 0 Å². The molecule has 3 atom stereocenters. The summed E-state index contributed by atoms with van der Waals surface area (Å²) in [4.78, 5) is 33.2. The summed E-state index contributed by atoms with van der Waals surface area (Å²) >= 11 is 0. The van der Waals surface area contributed by atoms with Crippen molar-refractivity contribution < 1.29 is 27.5 Å². The number of aromatic nitrogens is 10. The summed E-state index contributed by atoms with van der Waals surface area (Å²) < 4.78 is 50.8. The van der Waals surface area contributed by atoms with Gasteiger partial charge in [-0.05, 0) is 55.0 Å². The largest absolute Gasteiger partial charge is 0.435 e. The van der Waals surface area contributed by atoms with E-state index >= 15 is 0 Å². The van der Waals surface area contributed by atoms with Gasteiger partial charge in [0.05, 0.1) is 30.2 Å². The Morgan fingerprint density at radius 1 is 0.963 bits per heavy atom. The molecule has 0 saturated heterocycles. The van der Waals surface area contributed by atoms with E-state index in [2.05, 4.69) is 41.1 Å². The average molecular weight is 745 g/mol. The summed E-state index contributed by atoms with van der Waals surface area (Å²) in [6.45, 7) is 3.18. The van der Waals surface area contributed by atoms with Crippen molar-refractivity contribution >= 4 is 22.8 Å². The van der Waals surface area contributed by atoms with Crippen LogP contribution in [0.15, 0.2) is 67.4 Å². The van der Waals surface area contributed by atoms with Gasteiger partial charge in [-0.3, -0.25) is 23.6 Å². The molecule has 0 radical (unpaired) electrons. The third-order valence-corrected chi connectivity index (χ3v) is 9.22. The number of halogens is 3. The SMILES string of the molecule is COCn1ncc(-c2cc(C(F)(F)F)nn2CC(C)(C)NC(=O)[C@@H](Cc2cnn(C)c2)NC(=O)[C@H]2C[C@@H]2c2ccc(-c3cnc4nn(C)cc4c3)cc2)n1. The Morgan fingerprint density at radius 2 is 1.74 bits per heavy atom. The molecule has 2 N–H and O–H groups in total. The predicted molar refractivity (Wildman–Crippen MR) is 189 cm³/mol. The van der Waals surface area contributed by atoms with E-state index in [1.54, 1.807) is 48.8 Å². The second kappa shape index (κ2) is 14.1. The van der Waals surface area contributed by atoms with Gasteiger partial charge >= 0.3 is 6.18 Å². The van der Waals surface area contributed by atoms with Gasteiger partial charge in [0.15, 0.2) is 18.1 Å². The Kier molecular flexibility index (Phi) is 9.55. The zero-order valence-electron chi connectivity index (χ0n) is 30.2. The minimum Gasteiger partial charge on any atom is -0.361 e. The molecule has 5 heterocycles. The number of fused-ring (bicyclic) bond motifs is 1. The first-order chi connectivity index (χ1) is 25.7. The van der Waals surface area contributed by atoms with Gasteiger partial charge < -0.3 is 15.4 Å². The molecule has 1 aliphatic rings. The van der Waals surface area contributed by atoms with Crippen molar-refractivity contribution in [2.24, 2.45) is 20.0 Å². The van der Waals surface area contributed by atoms with Crippen LogP contribution in [0.4, 0.5) is 13.2 Å². The average Bonchev–Trinajstić information content (AvgIpc) is 3.43. The molecule has 1 fully saturated rings. The summed E-state index contributed by atoms with van der Waals surface area (Å²) in [5.41, 5.74) is 2.34. The normalized spacial score (nSPS) is 16.4. The van der Waals surface area contributed by atoms with E-state index in [0.717, 1.165) is 38.4 Å². The van der Waals surface area contributed by atoms with Crippen molar-refractivity contribution in [3.05, 3.63) is 84.2 Å². The number of hydrogen-bond donors (Lipinski definition) is 2. The number of nitrogens with zero attached hydrogens (tertiary/aromatic N) is 10. The van der Waals surface area contributed by atoms with Crippen molar-refractivity contribution in [3.8, 4) is 22.5 Å². The summed E-state index contributed by atoms with van der Waals surface area (Å²) in [5, 5.41) is 27.4. The zero-order valence-corrected chi connectivity index (χ0v) is 30.2. The predicted octanol–water partition coefficient (Wildman–Crippen LogP) is 3.87. The lowest BCUT2D eigenvalue weighted by Crippen LogP contribution is -2.55. The molecule has 6 aromatic rings. The van der Waals surface area contributed by atoms with Crippen LogP contribution in [0, 0.1) is 5.92 Å². The molecule has 282 valence electrons. The summed E-state index contributed by atoms with van der Waals surface area (Å²) in [6.07, 6.45) is 4.45. The quantitative estimate of drug-likeness (QED) is 0.179. The highest BCUT2D eigenvalue weighted by molar-refractivity contribution is 5.90. The van der Waals surface area contributed by atoms with Crippen molar-refractivity contribution in [1.29, 1.82) is 0 Å². The van der Waals surface area contributed by atoms with Gasteiger partial charge in [-0.15, -0.1) is 5.10 Å². The number of rotatable bonds is 13. The maximum absolute atomic E-state index is 13.9. The maximum Gasteiger partial charge on any atom is 0.435 e. The monoisotopic (exact) mass is 744 g/mol. The van der Waals surface area contributed by atoms with Gasteiger partial charge in [0.25, 0.3) is 0 Å². The Balaban J connectivity index is 1.05. The van der Waals surface area contributed by atoms with E-state index in [1.165, 1.54) is 18.1 Å². The molecule has 15 nitrogen and oxygen atoms in total. The molecule has 2 amide bonds. The molecule has 18 heteroatoms. The summed E-state index contributed by atoms with van der Waals surface area (Å²) in [5.74, 6) is -1.12. The molecular weight excluding hydrogens is 705 g/mol. The zero-order chi connectivity index (χ0) is 38.4. The standard InChI is InChI=1S/C36H39F3N12O3/c1-35(2,19-50-30(13-31(46-50)36(37,38)39)29-16-42-51(45-29)20-54-5)44-34(53)28(10-21-14-41-48(3)17-21)43-33(52)27-12-26(27)23-8-6-22(7-9-23)24-11-25-18-49(4)47-32(25)40-15-24/h6-9,11,13-18,26-28H,10,12,19-20H2,1-5H3,(H,43,52)(H,44,53)/t26-,27+,28-/m1/s1. The molecule has 5 aromatic heterocycles. The number of methoxy groups -OCH3 is 1. The van der Waals surface area contributed by atoms with E-state index in [0.29, 0.717) is 12.1 Å². The van der Waals surface area contributed by atoms with Gasteiger partial charge in [-0.1, -0.05) is 24.3 Å². The first-order valence-corrected chi connectivity index (χ1v) is 17.2. The summed E-state index contributed by atoms with van der Waals surface area (Å²) in [7, 11) is 5.04. The lowest BCUT2D eigenvalue weighted by Gasteiger charge is -2.29. The Labute approximate surface area is 307 Å². The van der Waals surface area contributed by atoms with Crippen LogP contribution in [0.5, 0.6) is 0 Å². The molecule has 7 rings (SSSR count). The van der Waals surface area contributed by atoms with Crippen LogP contribution in [-0.4, -0.2) is 79.8 Å². The number of pyridine rings is 1. The Morgan fingerprint density at radius 3 is 2.44 bits per heavy atom. The fourth-order valence-corrected chi connectivity index (χ4v) is 6.58. The van der Waals surface area contributed by atoms with Crippen LogP contribution in [-0.2, 0) is 54.3 Å². The minimum atomic E-state index is -4.72. The van der Waals surface area contributed by atoms with E-state index in [9.17, 15) is 22.8 Å². The van der Waals surface area contributed by atoms with Crippen molar-refractivity contribution in [2.45, 2.75) is 63.6 Å². The molecule has 0 unspecified atom stereocenters. The lowest BCUT2D eigenvalue weighted by molar-refractivity contribution is -0.141. The molecular formula is C36H39F3N12O3. The highest BCUT2D eigenvalue weighted by Crippen LogP contribution is 2.48. The van der Waals surface area contributed by atoms with E-state index in [-0.39, 0.29) is 48.8 Å². The van der Waals surface area contributed by atoms with Crippen LogP contribution in [0.1, 0.15) is 43.0 Å². The topological polar surface area (TPSA) is 164 Å². The second-order valence-electron chi connectivity index (χ2n) is 14.3. The van der Waals surface area contributed by atoms with Crippen LogP contribution in [0.3, 0.4) is 0 Å². The first-order valence-electron chi connectivity index (χ1n) is 17.2. The van der Waals surface area contributed by atoms with Gasteiger partial charge in [-0.2, -0.15) is 38.4 Å². The number of aryl methyl sites for hydroxylation is 2. The number of nitrogens with one attached hydrogen (secondary N) is 2. The fraction of sp³-hybridized carbons (Fsp3) is 0.389. The van der Waals surface area contributed by atoms with E-state index < -0.39 is 29.4 Å². The smallest absolute Gasteiger partial charge is 0.361 e. The number of carbonyl (C=O) groups is 2. The number of ether oxygens (including phenoxy) is 1. The van der Waals surface area contributed by atoms with Crippen molar-refractivity contribution in [2.75, 3.05) is 7.11 Å². The molecule has 1 aliphatic carbocycles. The van der Waals surface area contributed by atoms with E-state index in [4.69, 9.17) is 4.74 Å². The molecule has 54 heavy (non-hydrogen) atoms. The third-order valence-electron chi connectivity index (χ3n) is 9.22. The molecule has 0 aliphatic heterocycles. The number of benzene rings is 1. The maximum atomic E-state index is 13.9. The number of carbonyl (C=O) groups excluding carboxylic acids is 2. The number of alkyl halides is 3. The second-order valence-corrected chi connectivity index (χ2v) is 14.3. The van der Waals surface area contributed by atoms with Gasteiger partial charge in [0, 0.05) is 63.1 Å². The highest BCUT2D eigenvalue weighted by atomic mass is 19.4. The number of amides is 2. The Hall–Kier alpha value is -5.91. The van der Waals surface area contributed by atoms with Crippen LogP contribution in [0.2, 0.25) is 0 Å². The Bertz CT molecular complexity index is 2300. The summed E-state index contributed by atoms with van der Waals surface area (Å²) in [6, 6.07) is 9.97. The minimum absolute atomic E-state index is 0.00197. The van der Waals surface area contributed by atoms with Crippen LogP contribution < -0.4 is 10.6 Å². The fourth-order valence-electron chi connectivity index (χ4n) is 6.58. The van der Waals surface area contributed by atoms with E-state index in [1.807, 2.05) is 43.6 Å². The molecule has 0 bridgehead atoms. The number of hydrogen-bond acceptors (Lipinski definition) is 9. The van der Waals surface area contributed by atoms with Gasteiger partial charge in [-0.25, -0.2) is 4.98 Å². The lowest BCUT2D eigenvalue weighted by atomic mass is 10.0. The van der Waals surface area contributed by atoms with Gasteiger partial charge in [0.2, 0.25) is 11.8 Å². The highest BCUT2D eigenvalue weighted by Gasteiger charge is 2.45.